The van der Waals surface area contributed by atoms with Gasteiger partial charge in [-0.3, -0.25) is 9.59 Å². The summed E-state index contributed by atoms with van der Waals surface area (Å²) in [6.45, 7) is 8.70. The molecule has 0 heterocycles. The van der Waals surface area contributed by atoms with Gasteiger partial charge in [-0.1, -0.05) is 12.1 Å². The number of carbonyl (C=O) groups excluding carboxylic acids is 4. The normalized spacial score (nSPS) is 26.7. The number of para-hydroxylation sites is 1. The summed E-state index contributed by atoms with van der Waals surface area (Å²) in [4.78, 5) is 51.9. The Morgan fingerprint density at radius 1 is 1.06 bits per heavy atom. The number of ether oxygens (including phenoxy) is 4. The van der Waals surface area contributed by atoms with Crippen LogP contribution in [-0.4, -0.2) is 61.4 Å². The Labute approximate surface area is 205 Å². The Hall–Kier alpha value is -3.30. The molecular formula is C25H34N2O8. The summed E-state index contributed by atoms with van der Waals surface area (Å²) in [6.07, 6.45) is -0.771. The van der Waals surface area contributed by atoms with E-state index in [1.54, 1.807) is 58.9 Å². The van der Waals surface area contributed by atoms with Gasteiger partial charge in [0.15, 0.2) is 0 Å². The molecule has 0 saturated heterocycles. The highest BCUT2D eigenvalue weighted by Gasteiger charge is 2.76. The number of nitrogens with one attached hydrogen (secondary N) is 2. The first-order chi connectivity index (χ1) is 16.5. The van der Waals surface area contributed by atoms with Crippen LogP contribution in [-0.2, 0) is 23.8 Å². The van der Waals surface area contributed by atoms with Crippen molar-refractivity contribution >= 4 is 23.9 Å². The van der Waals surface area contributed by atoms with Crippen molar-refractivity contribution in [3.63, 3.8) is 0 Å². The number of rotatable bonds is 8. The van der Waals surface area contributed by atoms with Crippen LogP contribution < -0.4 is 15.4 Å². The van der Waals surface area contributed by atoms with E-state index in [9.17, 15) is 19.2 Å². The molecule has 0 radical (unpaired) electrons. The van der Waals surface area contributed by atoms with Crippen molar-refractivity contribution in [2.75, 3.05) is 20.3 Å². The third-order valence-corrected chi connectivity index (χ3v) is 6.24. The maximum absolute atomic E-state index is 13.3. The molecule has 0 aliphatic heterocycles. The number of hydrogen-bond acceptors (Lipinski definition) is 8. The molecule has 10 nitrogen and oxygen atoms in total. The first-order valence-electron chi connectivity index (χ1n) is 11.8. The Balaban J connectivity index is 1.94. The van der Waals surface area contributed by atoms with Gasteiger partial charge in [0.1, 0.15) is 16.9 Å². The summed E-state index contributed by atoms with van der Waals surface area (Å²) < 4.78 is 21.2. The molecule has 3 rings (SSSR count). The van der Waals surface area contributed by atoms with E-state index >= 15 is 0 Å². The fourth-order valence-electron chi connectivity index (χ4n) is 5.01. The number of hydrogen-bond donors (Lipinski definition) is 2. The second-order valence-electron chi connectivity index (χ2n) is 9.68. The Morgan fingerprint density at radius 3 is 2.31 bits per heavy atom. The molecule has 1 aromatic rings. The fraction of sp³-hybridized carbons (Fsp3) is 0.600. The predicted octanol–water partition coefficient (Wildman–Crippen LogP) is 2.45. The van der Waals surface area contributed by atoms with E-state index in [0.29, 0.717) is 11.3 Å². The third-order valence-electron chi connectivity index (χ3n) is 6.24. The van der Waals surface area contributed by atoms with E-state index in [4.69, 9.17) is 18.9 Å². The summed E-state index contributed by atoms with van der Waals surface area (Å²) >= 11 is 0. The highest BCUT2D eigenvalue weighted by Crippen LogP contribution is 2.63. The van der Waals surface area contributed by atoms with E-state index in [1.807, 2.05) is 0 Å². The second-order valence-corrected chi connectivity index (χ2v) is 9.68. The molecule has 2 aliphatic rings. The lowest BCUT2D eigenvalue weighted by Gasteiger charge is -2.33. The quantitative estimate of drug-likeness (QED) is 0.420. The lowest BCUT2D eigenvalue weighted by atomic mass is 9.88. The van der Waals surface area contributed by atoms with Crippen molar-refractivity contribution in [1.82, 2.24) is 10.6 Å². The number of methoxy groups -OCH3 is 1. The molecule has 5 atom stereocenters. The van der Waals surface area contributed by atoms with Crippen molar-refractivity contribution in [2.24, 2.45) is 17.8 Å². The van der Waals surface area contributed by atoms with Crippen LogP contribution in [0.1, 0.15) is 51.4 Å². The number of carbonyl (C=O) groups is 4. The van der Waals surface area contributed by atoms with Crippen molar-refractivity contribution in [3.8, 4) is 5.75 Å². The second kappa shape index (κ2) is 10.1. The first-order valence-corrected chi connectivity index (χ1v) is 11.8. The lowest BCUT2D eigenvalue weighted by molar-refractivity contribution is -0.153. The summed E-state index contributed by atoms with van der Waals surface area (Å²) in [5.74, 6) is -2.92. The van der Waals surface area contributed by atoms with Crippen LogP contribution in [0.5, 0.6) is 5.75 Å². The zero-order chi connectivity index (χ0) is 26.0. The van der Waals surface area contributed by atoms with Crippen LogP contribution in [0.25, 0.3) is 0 Å². The minimum Gasteiger partial charge on any atom is -0.496 e. The maximum Gasteiger partial charge on any atom is 0.408 e. The monoisotopic (exact) mass is 490 g/mol. The molecule has 0 bridgehead atoms. The number of amides is 2. The molecule has 2 amide bonds. The van der Waals surface area contributed by atoms with Gasteiger partial charge in [0, 0.05) is 18.4 Å². The highest BCUT2D eigenvalue weighted by molar-refractivity contribution is 5.98. The average molecular weight is 491 g/mol. The zero-order valence-electron chi connectivity index (χ0n) is 21.0. The van der Waals surface area contributed by atoms with Crippen molar-refractivity contribution in [2.45, 2.75) is 58.2 Å². The summed E-state index contributed by atoms with van der Waals surface area (Å²) in [5, 5.41) is 5.63. The molecule has 2 N–H and O–H groups in total. The topological polar surface area (TPSA) is 129 Å². The summed E-state index contributed by atoms with van der Waals surface area (Å²) in [5.41, 5.74) is -2.05. The van der Waals surface area contributed by atoms with Gasteiger partial charge in [0.2, 0.25) is 0 Å². The third kappa shape index (κ3) is 5.36. The minimum atomic E-state index is -1.56. The molecule has 2 aliphatic carbocycles. The highest BCUT2D eigenvalue weighted by atomic mass is 16.6. The van der Waals surface area contributed by atoms with Gasteiger partial charge in [-0.15, -0.1) is 0 Å². The van der Waals surface area contributed by atoms with Crippen molar-refractivity contribution in [1.29, 1.82) is 0 Å². The van der Waals surface area contributed by atoms with Gasteiger partial charge >= 0.3 is 18.0 Å². The van der Waals surface area contributed by atoms with E-state index < -0.39 is 58.9 Å². The molecular weight excluding hydrogens is 456 g/mol. The smallest absolute Gasteiger partial charge is 0.408 e. The largest absolute Gasteiger partial charge is 0.496 e. The van der Waals surface area contributed by atoms with Crippen LogP contribution in [0.15, 0.2) is 24.3 Å². The van der Waals surface area contributed by atoms with Gasteiger partial charge in [-0.25, -0.2) is 9.59 Å². The van der Waals surface area contributed by atoms with Gasteiger partial charge in [-0.2, -0.15) is 0 Å². The number of fused-ring (bicyclic) bond motifs is 1. The van der Waals surface area contributed by atoms with E-state index in [1.165, 1.54) is 7.11 Å². The maximum atomic E-state index is 13.3. The van der Waals surface area contributed by atoms with Crippen LogP contribution in [0.4, 0.5) is 4.79 Å². The SMILES string of the molecule is CCOC(=O)C1C2C(NC(=O)c3ccccc3OC)CC(NC(=O)OC(C)(C)C)(C(=O)OCC)C12. The first kappa shape index (κ1) is 26.3. The molecule has 5 unspecified atom stereocenters. The zero-order valence-corrected chi connectivity index (χ0v) is 21.0. The Bertz CT molecular complexity index is 988. The van der Waals surface area contributed by atoms with Gasteiger partial charge in [0.25, 0.3) is 5.91 Å². The van der Waals surface area contributed by atoms with Crippen molar-refractivity contribution < 1.29 is 38.1 Å². The fourth-order valence-corrected chi connectivity index (χ4v) is 5.01. The predicted molar refractivity (Wildman–Crippen MR) is 125 cm³/mol. The molecule has 35 heavy (non-hydrogen) atoms. The molecule has 1 aromatic carbocycles. The molecule has 192 valence electrons. The molecule has 2 saturated carbocycles. The van der Waals surface area contributed by atoms with E-state index in [0.717, 1.165) is 0 Å². The molecule has 2 fully saturated rings. The van der Waals surface area contributed by atoms with Crippen LogP contribution in [0, 0.1) is 17.8 Å². The summed E-state index contributed by atoms with van der Waals surface area (Å²) in [6, 6.07) is 6.13. The lowest BCUT2D eigenvalue weighted by Crippen LogP contribution is -2.59. The molecule has 0 aromatic heterocycles. The standard InChI is InChI=1S/C25H34N2O8/c1-7-33-21(29)18-17-15(26-20(28)14-11-9-10-12-16(14)32-6)13-25(19(17)18,22(30)34-8-2)27-23(31)35-24(3,4)5/h9-12,15,17-19H,7-8,13H2,1-6H3,(H,26,28)(H,27,31). The van der Waals surface area contributed by atoms with E-state index in [-0.39, 0.29) is 19.6 Å². The molecule has 10 heteroatoms. The summed E-state index contributed by atoms with van der Waals surface area (Å²) in [7, 11) is 1.46. The van der Waals surface area contributed by atoms with E-state index in [2.05, 4.69) is 10.6 Å². The van der Waals surface area contributed by atoms with Gasteiger partial charge in [0.05, 0.1) is 31.8 Å². The van der Waals surface area contributed by atoms with Crippen molar-refractivity contribution in [3.05, 3.63) is 29.8 Å². The van der Waals surface area contributed by atoms with Gasteiger partial charge in [-0.05, 0) is 52.7 Å². The van der Waals surface area contributed by atoms with Gasteiger partial charge < -0.3 is 29.6 Å². The van der Waals surface area contributed by atoms with Crippen LogP contribution >= 0.6 is 0 Å². The number of esters is 2. The average Bonchev–Trinajstić information content (AvgIpc) is 3.46. The Kier molecular flexibility index (Phi) is 7.62. The number of alkyl carbamates (subject to hydrolysis) is 1. The minimum absolute atomic E-state index is 0.0389. The molecule has 0 spiro atoms. The number of benzene rings is 1. The Morgan fingerprint density at radius 2 is 1.71 bits per heavy atom. The van der Waals surface area contributed by atoms with Crippen LogP contribution in [0.2, 0.25) is 0 Å². The van der Waals surface area contributed by atoms with Crippen LogP contribution in [0.3, 0.4) is 0 Å².